The minimum absolute atomic E-state index is 0.204. The highest BCUT2D eigenvalue weighted by Gasteiger charge is 2.26. The van der Waals surface area contributed by atoms with Crippen molar-refractivity contribution in [3.8, 4) is 0 Å². The van der Waals surface area contributed by atoms with Crippen molar-refractivity contribution in [1.82, 2.24) is 15.1 Å². The molecular formula is C20H25N3O. The number of aryl methyl sites for hydroxylation is 3. The highest BCUT2D eigenvalue weighted by Crippen LogP contribution is 2.26. The summed E-state index contributed by atoms with van der Waals surface area (Å²) in [7, 11) is 0. The number of carbonyl (C=O) groups is 1. The molecule has 1 fully saturated rings. The van der Waals surface area contributed by atoms with Crippen LogP contribution in [0.15, 0.2) is 24.4 Å². The van der Waals surface area contributed by atoms with Crippen LogP contribution in [-0.2, 0) is 19.3 Å². The van der Waals surface area contributed by atoms with Crippen LogP contribution in [0.25, 0.3) is 0 Å². The summed E-state index contributed by atoms with van der Waals surface area (Å²) in [6.45, 7) is 3.83. The zero-order valence-corrected chi connectivity index (χ0v) is 14.3. The Balaban J connectivity index is 1.45. The zero-order chi connectivity index (χ0) is 16.5. The number of fused-ring (bicyclic) bond motifs is 1. The Labute approximate surface area is 143 Å². The van der Waals surface area contributed by atoms with E-state index in [2.05, 4.69) is 34.2 Å². The number of amides is 1. The highest BCUT2D eigenvalue weighted by atomic mass is 16.2. The first-order chi connectivity index (χ1) is 11.7. The number of rotatable bonds is 3. The highest BCUT2D eigenvalue weighted by molar-refractivity contribution is 5.94. The van der Waals surface area contributed by atoms with E-state index in [1.54, 1.807) is 0 Å². The molecule has 1 atom stereocenters. The van der Waals surface area contributed by atoms with Gasteiger partial charge in [-0.2, -0.15) is 5.10 Å². The van der Waals surface area contributed by atoms with Crippen LogP contribution >= 0.6 is 0 Å². The summed E-state index contributed by atoms with van der Waals surface area (Å²) in [5.41, 5.74) is 6.11. The molecule has 1 aromatic carbocycles. The van der Waals surface area contributed by atoms with Crippen molar-refractivity contribution in [3.63, 3.8) is 0 Å². The summed E-state index contributed by atoms with van der Waals surface area (Å²) in [5.74, 6) is 0.729. The van der Waals surface area contributed by atoms with Crippen LogP contribution in [0.3, 0.4) is 0 Å². The van der Waals surface area contributed by atoms with Crippen LogP contribution in [0.1, 0.15) is 52.0 Å². The third-order valence-corrected chi connectivity index (χ3v) is 5.58. The molecule has 1 amide bonds. The van der Waals surface area contributed by atoms with E-state index < -0.39 is 0 Å². The number of likely N-dealkylation sites (tertiary alicyclic amines) is 1. The van der Waals surface area contributed by atoms with Gasteiger partial charge in [-0.25, -0.2) is 0 Å². The SMILES string of the molecule is Cc1cn[nH]c1CC1CCCN(C(=O)c2ccc3c(c2)CCC3)C1. The molecule has 4 heteroatoms. The first-order valence-electron chi connectivity index (χ1n) is 9.10. The van der Waals surface area contributed by atoms with Crippen molar-refractivity contribution < 1.29 is 4.79 Å². The van der Waals surface area contributed by atoms with E-state index in [1.165, 1.54) is 41.6 Å². The van der Waals surface area contributed by atoms with E-state index in [0.29, 0.717) is 5.92 Å². The van der Waals surface area contributed by atoms with Gasteiger partial charge >= 0.3 is 0 Å². The number of hydrogen-bond acceptors (Lipinski definition) is 2. The van der Waals surface area contributed by atoms with E-state index in [9.17, 15) is 4.79 Å². The monoisotopic (exact) mass is 323 g/mol. The summed E-state index contributed by atoms with van der Waals surface area (Å²) < 4.78 is 0. The molecule has 4 nitrogen and oxygen atoms in total. The second kappa shape index (κ2) is 6.42. The van der Waals surface area contributed by atoms with Gasteiger partial charge in [0.05, 0.1) is 6.20 Å². The molecule has 0 radical (unpaired) electrons. The molecule has 126 valence electrons. The zero-order valence-electron chi connectivity index (χ0n) is 14.3. The minimum Gasteiger partial charge on any atom is -0.338 e. The molecule has 24 heavy (non-hydrogen) atoms. The van der Waals surface area contributed by atoms with E-state index in [0.717, 1.165) is 37.9 Å². The Hall–Kier alpha value is -2.10. The van der Waals surface area contributed by atoms with Gasteiger partial charge in [-0.15, -0.1) is 0 Å². The Morgan fingerprint density at radius 2 is 2.17 bits per heavy atom. The van der Waals surface area contributed by atoms with E-state index >= 15 is 0 Å². The molecule has 1 aliphatic heterocycles. The van der Waals surface area contributed by atoms with Gasteiger partial charge in [0.15, 0.2) is 0 Å². The largest absolute Gasteiger partial charge is 0.338 e. The molecule has 2 aliphatic rings. The molecule has 0 bridgehead atoms. The number of carbonyl (C=O) groups excluding carboxylic acids is 1. The first kappa shape index (κ1) is 15.4. The molecule has 0 saturated carbocycles. The summed E-state index contributed by atoms with van der Waals surface area (Å²) in [5, 5.41) is 7.22. The van der Waals surface area contributed by atoms with Crippen LogP contribution < -0.4 is 0 Å². The second-order valence-electron chi connectivity index (χ2n) is 7.33. The Bertz CT molecular complexity index is 749. The van der Waals surface area contributed by atoms with Crippen LogP contribution in [0, 0.1) is 12.8 Å². The summed E-state index contributed by atoms with van der Waals surface area (Å²) in [6.07, 6.45) is 8.66. The maximum Gasteiger partial charge on any atom is 0.253 e. The number of hydrogen-bond donors (Lipinski definition) is 1. The van der Waals surface area contributed by atoms with Crippen molar-refractivity contribution in [2.75, 3.05) is 13.1 Å². The third-order valence-electron chi connectivity index (χ3n) is 5.58. The molecular weight excluding hydrogens is 298 g/mol. The average molecular weight is 323 g/mol. The van der Waals surface area contributed by atoms with Crippen molar-refractivity contribution in [2.24, 2.45) is 5.92 Å². The normalized spacial score (nSPS) is 20.2. The lowest BCUT2D eigenvalue weighted by molar-refractivity contribution is 0.0672. The molecule has 4 rings (SSSR count). The van der Waals surface area contributed by atoms with Gasteiger partial charge in [0, 0.05) is 24.3 Å². The number of aromatic amines is 1. The quantitative estimate of drug-likeness (QED) is 0.942. The van der Waals surface area contributed by atoms with Crippen molar-refractivity contribution in [1.29, 1.82) is 0 Å². The molecule has 2 heterocycles. The van der Waals surface area contributed by atoms with Gasteiger partial charge in [-0.1, -0.05) is 6.07 Å². The lowest BCUT2D eigenvalue weighted by Gasteiger charge is -2.33. The molecule has 1 N–H and O–H groups in total. The molecule has 1 unspecified atom stereocenters. The van der Waals surface area contributed by atoms with Crippen LogP contribution in [0.4, 0.5) is 0 Å². The molecule has 1 saturated heterocycles. The minimum atomic E-state index is 0.204. The van der Waals surface area contributed by atoms with Crippen molar-refractivity contribution in [2.45, 2.75) is 45.4 Å². The number of nitrogens with one attached hydrogen (secondary N) is 1. The first-order valence-corrected chi connectivity index (χ1v) is 9.10. The molecule has 1 aromatic heterocycles. The van der Waals surface area contributed by atoms with Crippen molar-refractivity contribution in [3.05, 3.63) is 52.3 Å². The second-order valence-corrected chi connectivity index (χ2v) is 7.33. The van der Waals surface area contributed by atoms with Gasteiger partial charge in [0.2, 0.25) is 0 Å². The molecule has 2 aromatic rings. The van der Waals surface area contributed by atoms with Gasteiger partial charge in [0.1, 0.15) is 0 Å². The van der Waals surface area contributed by atoms with Crippen molar-refractivity contribution >= 4 is 5.91 Å². The van der Waals surface area contributed by atoms with Crippen LogP contribution in [0.5, 0.6) is 0 Å². The summed E-state index contributed by atoms with van der Waals surface area (Å²) in [4.78, 5) is 15.0. The number of benzene rings is 1. The standard InChI is InChI=1S/C20H25N3O/c1-14-12-21-22-19(14)10-15-4-3-9-23(13-15)20(24)18-8-7-16-5-2-6-17(16)11-18/h7-8,11-12,15H,2-6,9-10,13H2,1H3,(H,21,22). The smallest absolute Gasteiger partial charge is 0.253 e. The van der Waals surface area contributed by atoms with E-state index in [4.69, 9.17) is 0 Å². The van der Waals surface area contributed by atoms with Gasteiger partial charge in [-0.05, 0) is 80.2 Å². The van der Waals surface area contributed by atoms with Gasteiger partial charge in [0.25, 0.3) is 5.91 Å². The fourth-order valence-electron chi connectivity index (χ4n) is 4.17. The molecule has 0 spiro atoms. The van der Waals surface area contributed by atoms with Crippen LogP contribution in [0.2, 0.25) is 0 Å². The Kier molecular flexibility index (Phi) is 4.13. The maximum absolute atomic E-state index is 12.9. The Morgan fingerprint density at radius 1 is 1.29 bits per heavy atom. The predicted octanol–water partition coefficient (Wildman–Crippen LogP) is 3.30. The lowest BCUT2D eigenvalue weighted by atomic mass is 9.92. The maximum atomic E-state index is 12.9. The fraction of sp³-hybridized carbons (Fsp3) is 0.500. The number of nitrogens with zero attached hydrogens (tertiary/aromatic N) is 2. The molecule has 1 aliphatic carbocycles. The van der Waals surface area contributed by atoms with Gasteiger partial charge in [-0.3, -0.25) is 9.89 Å². The fourth-order valence-corrected chi connectivity index (χ4v) is 4.17. The Morgan fingerprint density at radius 3 is 3.00 bits per heavy atom. The van der Waals surface area contributed by atoms with Gasteiger partial charge < -0.3 is 4.90 Å². The number of aromatic nitrogens is 2. The predicted molar refractivity (Wildman–Crippen MR) is 94.1 cm³/mol. The number of piperidine rings is 1. The average Bonchev–Trinajstić information content (AvgIpc) is 3.23. The van der Waals surface area contributed by atoms with Crippen LogP contribution in [-0.4, -0.2) is 34.1 Å². The summed E-state index contributed by atoms with van der Waals surface area (Å²) in [6, 6.07) is 6.31. The number of H-pyrrole nitrogens is 1. The van der Waals surface area contributed by atoms with E-state index in [-0.39, 0.29) is 5.91 Å². The topological polar surface area (TPSA) is 49.0 Å². The van der Waals surface area contributed by atoms with E-state index in [1.807, 2.05) is 12.3 Å². The summed E-state index contributed by atoms with van der Waals surface area (Å²) >= 11 is 0. The third kappa shape index (κ3) is 2.97. The lowest BCUT2D eigenvalue weighted by Crippen LogP contribution is -2.40.